The second-order valence-corrected chi connectivity index (χ2v) is 4.89. The van der Waals surface area contributed by atoms with Gasteiger partial charge in [0.2, 0.25) is 0 Å². The Kier molecular flexibility index (Phi) is 4.02. The Morgan fingerprint density at radius 3 is 2.76 bits per heavy atom. The van der Waals surface area contributed by atoms with Crippen LogP contribution in [-0.4, -0.2) is 13.4 Å². The van der Waals surface area contributed by atoms with Gasteiger partial charge in [-0.3, -0.25) is 0 Å². The fraction of sp³-hybridized carbons (Fsp3) is 0.571. The maximum atomic E-state index is 5.83. The van der Waals surface area contributed by atoms with Crippen molar-refractivity contribution in [2.45, 2.75) is 32.7 Å². The third-order valence-corrected chi connectivity index (χ3v) is 3.07. The van der Waals surface area contributed by atoms with Crippen LogP contribution < -0.4 is 10.5 Å². The van der Waals surface area contributed by atoms with Crippen LogP contribution in [0.25, 0.3) is 0 Å². The highest BCUT2D eigenvalue weighted by atomic mass is 16.7. The van der Waals surface area contributed by atoms with Gasteiger partial charge in [0, 0.05) is 6.04 Å². The Labute approximate surface area is 103 Å². The second kappa shape index (κ2) is 5.52. The minimum absolute atomic E-state index is 0.0638. The lowest BCUT2D eigenvalue weighted by atomic mass is 10.1. The van der Waals surface area contributed by atoms with Crippen LogP contribution in [0.5, 0.6) is 5.75 Å². The highest BCUT2D eigenvalue weighted by molar-refractivity contribution is 5.37. The highest BCUT2D eigenvalue weighted by Gasteiger charge is 2.21. The molecule has 1 aliphatic carbocycles. The molecule has 1 saturated carbocycles. The van der Waals surface area contributed by atoms with Crippen molar-refractivity contribution in [2.24, 2.45) is 11.7 Å². The van der Waals surface area contributed by atoms with Gasteiger partial charge >= 0.3 is 0 Å². The fourth-order valence-electron chi connectivity index (χ4n) is 1.72. The van der Waals surface area contributed by atoms with E-state index in [1.807, 2.05) is 26.0 Å². The molecule has 17 heavy (non-hydrogen) atoms. The van der Waals surface area contributed by atoms with Gasteiger partial charge < -0.3 is 15.2 Å². The molecule has 1 aromatic carbocycles. The molecule has 0 bridgehead atoms. The molecule has 2 N–H and O–H groups in total. The molecule has 1 aliphatic rings. The number of hydrogen-bond donors (Lipinski definition) is 1. The van der Waals surface area contributed by atoms with Crippen molar-refractivity contribution in [1.82, 2.24) is 0 Å². The molecule has 1 aromatic rings. The predicted octanol–water partition coefficient (Wildman–Crippen LogP) is 2.78. The van der Waals surface area contributed by atoms with E-state index in [0.717, 1.165) is 29.4 Å². The van der Waals surface area contributed by atoms with E-state index in [4.69, 9.17) is 15.2 Å². The Hall–Kier alpha value is -1.06. The summed E-state index contributed by atoms with van der Waals surface area (Å²) >= 11 is 0. The molecular formula is C14H21NO2. The Morgan fingerprint density at radius 1 is 1.41 bits per heavy atom. The lowest BCUT2D eigenvalue weighted by Gasteiger charge is -2.12. The van der Waals surface area contributed by atoms with Crippen LogP contribution in [0.2, 0.25) is 0 Å². The van der Waals surface area contributed by atoms with Gasteiger partial charge in [-0.05, 0) is 49.8 Å². The van der Waals surface area contributed by atoms with Crippen molar-refractivity contribution in [1.29, 1.82) is 0 Å². The molecule has 1 fully saturated rings. The van der Waals surface area contributed by atoms with Crippen molar-refractivity contribution >= 4 is 0 Å². The summed E-state index contributed by atoms with van der Waals surface area (Å²) in [5.41, 5.74) is 8.07. The van der Waals surface area contributed by atoms with Gasteiger partial charge in [-0.15, -0.1) is 0 Å². The third-order valence-electron chi connectivity index (χ3n) is 3.07. The molecule has 0 amide bonds. The van der Waals surface area contributed by atoms with Crippen molar-refractivity contribution in [2.75, 3.05) is 13.4 Å². The number of aryl methyl sites for hydroxylation is 1. The van der Waals surface area contributed by atoms with Gasteiger partial charge in [-0.25, -0.2) is 0 Å². The first-order valence-corrected chi connectivity index (χ1v) is 6.23. The molecule has 3 heteroatoms. The van der Waals surface area contributed by atoms with Gasteiger partial charge in [0.25, 0.3) is 0 Å². The van der Waals surface area contributed by atoms with Crippen molar-refractivity contribution in [3.8, 4) is 5.75 Å². The van der Waals surface area contributed by atoms with Crippen LogP contribution in [0.3, 0.4) is 0 Å². The Balaban J connectivity index is 1.82. The monoisotopic (exact) mass is 235 g/mol. The Bertz CT molecular complexity index is 372. The van der Waals surface area contributed by atoms with E-state index in [1.54, 1.807) is 0 Å². The number of ether oxygens (including phenoxy) is 2. The van der Waals surface area contributed by atoms with Crippen molar-refractivity contribution in [3.05, 3.63) is 29.3 Å². The SMILES string of the molecule is Cc1cc([C@@H](C)N)ccc1OCOCC1CC1. The summed E-state index contributed by atoms with van der Waals surface area (Å²) in [4.78, 5) is 0. The van der Waals surface area contributed by atoms with Crippen LogP contribution in [0.4, 0.5) is 0 Å². The largest absolute Gasteiger partial charge is 0.467 e. The molecule has 0 radical (unpaired) electrons. The van der Waals surface area contributed by atoms with Gasteiger partial charge in [-0.2, -0.15) is 0 Å². The van der Waals surface area contributed by atoms with Crippen LogP contribution in [0.15, 0.2) is 18.2 Å². The number of benzene rings is 1. The number of nitrogens with two attached hydrogens (primary N) is 1. The second-order valence-electron chi connectivity index (χ2n) is 4.89. The van der Waals surface area contributed by atoms with Crippen LogP contribution in [0.1, 0.15) is 36.9 Å². The first-order chi connectivity index (χ1) is 8.16. The van der Waals surface area contributed by atoms with E-state index in [1.165, 1.54) is 12.8 Å². The summed E-state index contributed by atoms with van der Waals surface area (Å²) in [6, 6.07) is 6.11. The maximum absolute atomic E-state index is 5.83. The lowest BCUT2D eigenvalue weighted by molar-refractivity contribution is 0.00960. The zero-order chi connectivity index (χ0) is 12.3. The predicted molar refractivity (Wildman–Crippen MR) is 68.0 cm³/mol. The third kappa shape index (κ3) is 3.72. The molecule has 0 heterocycles. The van der Waals surface area contributed by atoms with Gasteiger partial charge in [0.05, 0.1) is 6.61 Å². The van der Waals surface area contributed by atoms with E-state index < -0.39 is 0 Å². The first kappa shape index (κ1) is 12.4. The van der Waals surface area contributed by atoms with Crippen LogP contribution >= 0.6 is 0 Å². The minimum atomic E-state index is 0.0638. The van der Waals surface area contributed by atoms with Crippen LogP contribution in [-0.2, 0) is 4.74 Å². The minimum Gasteiger partial charge on any atom is -0.467 e. The summed E-state index contributed by atoms with van der Waals surface area (Å²) < 4.78 is 11.0. The zero-order valence-electron chi connectivity index (χ0n) is 10.6. The summed E-state index contributed by atoms with van der Waals surface area (Å²) in [6.45, 7) is 5.18. The average Bonchev–Trinajstić information content (AvgIpc) is 3.09. The molecule has 94 valence electrons. The smallest absolute Gasteiger partial charge is 0.189 e. The molecule has 2 rings (SSSR count). The normalized spacial score (nSPS) is 16.9. The van der Waals surface area contributed by atoms with E-state index in [-0.39, 0.29) is 6.04 Å². The average molecular weight is 235 g/mol. The van der Waals surface area contributed by atoms with Gasteiger partial charge in [-0.1, -0.05) is 12.1 Å². The summed E-state index contributed by atoms with van der Waals surface area (Å²) in [6.07, 6.45) is 2.62. The highest BCUT2D eigenvalue weighted by Crippen LogP contribution is 2.29. The fourth-order valence-corrected chi connectivity index (χ4v) is 1.72. The molecule has 0 aliphatic heterocycles. The molecule has 0 aromatic heterocycles. The standard InChI is InChI=1S/C14H21NO2/c1-10-7-13(11(2)15)5-6-14(10)17-9-16-8-12-3-4-12/h5-7,11-12H,3-4,8-9,15H2,1-2H3/t11-/m1/s1. The lowest BCUT2D eigenvalue weighted by Crippen LogP contribution is -2.08. The topological polar surface area (TPSA) is 44.5 Å². The quantitative estimate of drug-likeness (QED) is 0.609. The number of rotatable bonds is 6. The number of hydrogen-bond acceptors (Lipinski definition) is 3. The molecule has 0 spiro atoms. The first-order valence-electron chi connectivity index (χ1n) is 6.23. The van der Waals surface area contributed by atoms with Crippen molar-refractivity contribution in [3.63, 3.8) is 0 Å². The van der Waals surface area contributed by atoms with E-state index in [9.17, 15) is 0 Å². The zero-order valence-corrected chi connectivity index (χ0v) is 10.6. The molecule has 1 atom stereocenters. The maximum Gasteiger partial charge on any atom is 0.189 e. The molecule has 0 unspecified atom stereocenters. The summed E-state index contributed by atoms with van der Waals surface area (Å²) in [7, 11) is 0. The van der Waals surface area contributed by atoms with E-state index in [2.05, 4.69) is 6.07 Å². The summed E-state index contributed by atoms with van der Waals surface area (Å²) in [5, 5.41) is 0. The molecule has 0 saturated heterocycles. The van der Waals surface area contributed by atoms with Gasteiger partial charge in [0.15, 0.2) is 6.79 Å². The van der Waals surface area contributed by atoms with Gasteiger partial charge in [0.1, 0.15) is 5.75 Å². The van der Waals surface area contributed by atoms with Crippen LogP contribution in [0, 0.1) is 12.8 Å². The van der Waals surface area contributed by atoms with E-state index >= 15 is 0 Å². The molecule has 3 nitrogen and oxygen atoms in total. The van der Waals surface area contributed by atoms with Crippen molar-refractivity contribution < 1.29 is 9.47 Å². The molecular weight excluding hydrogens is 214 g/mol. The Morgan fingerprint density at radius 2 is 2.18 bits per heavy atom. The summed E-state index contributed by atoms with van der Waals surface area (Å²) in [5.74, 6) is 1.66. The van der Waals surface area contributed by atoms with E-state index in [0.29, 0.717) is 6.79 Å².